The number of carbonyl (C=O) groups excluding carboxylic acids is 1. The summed E-state index contributed by atoms with van der Waals surface area (Å²) in [5.41, 5.74) is 0.371. The zero-order valence-corrected chi connectivity index (χ0v) is 15.4. The van der Waals surface area contributed by atoms with Crippen LogP contribution in [0.2, 0.25) is 0 Å². The molecule has 2 saturated heterocycles. The molecule has 0 aliphatic carbocycles. The molecule has 140 valence electrons. The number of aryl methyl sites for hydroxylation is 1. The molecule has 2 aliphatic heterocycles. The van der Waals surface area contributed by atoms with E-state index in [2.05, 4.69) is 17.0 Å². The van der Waals surface area contributed by atoms with E-state index in [1.165, 1.54) is 0 Å². The number of furan rings is 1. The van der Waals surface area contributed by atoms with Crippen LogP contribution >= 0.6 is 0 Å². The Morgan fingerprint density at radius 2 is 2.27 bits per heavy atom. The van der Waals surface area contributed by atoms with E-state index in [0.29, 0.717) is 24.7 Å². The van der Waals surface area contributed by atoms with E-state index in [0.717, 1.165) is 38.3 Å². The first-order valence-corrected chi connectivity index (χ1v) is 9.17. The predicted molar refractivity (Wildman–Crippen MR) is 95.6 cm³/mol. The zero-order valence-electron chi connectivity index (χ0n) is 15.4. The number of nitrogens with zero attached hydrogens (tertiary/aromatic N) is 4. The van der Waals surface area contributed by atoms with Crippen LogP contribution in [0, 0.1) is 5.92 Å². The summed E-state index contributed by atoms with van der Waals surface area (Å²) in [5, 5.41) is 4.19. The molecule has 1 atom stereocenters. The van der Waals surface area contributed by atoms with Crippen molar-refractivity contribution in [3.05, 3.63) is 42.1 Å². The number of rotatable bonds is 5. The predicted octanol–water partition coefficient (Wildman–Crippen LogP) is 1.77. The third-order valence-corrected chi connectivity index (χ3v) is 5.39. The normalized spacial score (nSPS) is 22.0. The summed E-state index contributed by atoms with van der Waals surface area (Å²) in [7, 11) is 3.94. The van der Waals surface area contributed by atoms with Gasteiger partial charge in [-0.1, -0.05) is 0 Å². The Balaban J connectivity index is 1.22. The number of hydrogen-bond acceptors (Lipinski definition) is 5. The summed E-state index contributed by atoms with van der Waals surface area (Å²) in [6, 6.07) is 5.69. The second kappa shape index (κ2) is 6.89. The maximum atomic E-state index is 12.4. The largest absolute Gasteiger partial charge is 0.468 e. The van der Waals surface area contributed by atoms with Crippen LogP contribution in [0.4, 0.5) is 0 Å². The molecular formula is C19H26N4O3. The van der Waals surface area contributed by atoms with Gasteiger partial charge in [-0.3, -0.25) is 14.4 Å². The molecule has 4 rings (SSSR count). The van der Waals surface area contributed by atoms with Crippen LogP contribution < -0.4 is 0 Å². The molecule has 0 unspecified atom stereocenters. The number of amides is 1. The van der Waals surface area contributed by atoms with Crippen molar-refractivity contribution in [3.8, 4) is 0 Å². The molecule has 0 radical (unpaired) electrons. The highest BCUT2D eigenvalue weighted by Crippen LogP contribution is 2.36. The summed E-state index contributed by atoms with van der Waals surface area (Å²) in [6.45, 7) is 3.93. The first kappa shape index (κ1) is 17.3. The fraction of sp³-hybridized carbons (Fsp3) is 0.579. The van der Waals surface area contributed by atoms with Gasteiger partial charge in [0.1, 0.15) is 17.1 Å². The van der Waals surface area contributed by atoms with E-state index in [-0.39, 0.29) is 11.5 Å². The van der Waals surface area contributed by atoms with Crippen molar-refractivity contribution in [3.63, 3.8) is 0 Å². The summed E-state index contributed by atoms with van der Waals surface area (Å²) >= 11 is 0. The minimum Gasteiger partial charge on any atom is -0.468 e. The van der Waals surface area contributed by atoms with Gasteiger partial charge in [-0.05, 0) is 44.0 Å². The Bertz CT molecular complexity index is 739. The van der Waals surface area contributed by atoms with Crippen molar-refractivity contribution in [2.45, 2.75) is 25.0 Å². The van der Waals surface area contributed by atoms with Crippen molar-refractivity contribution in [1.82, 2.24) is 19.6 Å². The lowest BCUT2D eigenvalue weighted by molar-refractivity contribution is -0.168. The highest BCUT2D eigenvalue weighted by atomic mass is 16.5. The number of aromatic nitrogens is 2. The highest BCUT2D eigenvalue weighted by molar-refractivity contribution is 5.93. The number of hydrogen-bond donors (Lipinski definition) is 0. The molecule has 7 nitrogen and oxygen atoms in total. The van der Waals surface area contributed by atoms with Gasteiger partial charge in [-0.2, -0.15) is 5.10 Å². The van der Waals surface area contributed by atoms with Crippen LogP contribution in [0.3, 0.4) is 0 Å². The van der Waals surface area contributed by atoms with Crippen LogP contribution in [0.5, 0.6) is 0 Å². The van der Waals surface area contributed by atoms with Gasteiger partial charge in [0.05, 0.1) is 32.5 Å². The molecule has 2 aliphatic rings. The third-order valence-electron chi connectivity index (χ3n) is 5.39. The van der Waals surface area contributed by atoms with Crippen LogP contribution in [-0.2, 0) is 18.3 Å². The number of carbonyl (C=O) groups is 1. The fourth-order valence-corrected chi connectivity index (χ4v) is 3.97. The van der Waals surface area contributed by atoms with E-state index in [1.54, 1.807) is 23.2 Å². The monoisotopic (exact) mass is 358 g/mol. The van der Waals surface area contributed by atoms with E-state index in [1.807, 2.05) is 24.1 Å². The van der Waals surface area contributed by atoms with Crippen molar-refractivity contribution < 1.29 is 13.9 Å². The Hall–Kier alpha value is -2.12. The molecule has 7 heteroatoms. The van der Waals surface area contributed by atoms with Gasteiger partial charge >= 0.3 is 0 Å². The highest BCUT2D eigenvalue weighted by Gasteiger charge is 2.48. The Kier molecular flexibility index (Phi) is 4.58. The van der Waals surface area contributed by atoms with Gasteiger partial charge in [-0.25, -0.2) is 0 Å². The maximum absolute atomic E-state index is 12.4. The zero-order chi connectivity index (χ0) is 18.1. The van der Waals surface area contributed by atoms with Gasteiger partial charge in [0.15, 0.2) is 0 Å². The van der Waals surface area contributed by atoms with Crippen molar-refractivity contribution in [2.75, 3.05) is 33.3 Å². The van der Waals surface area contributed by atoms with Gasteiger partial charge in [0, 0.05) is 19.8 Å². The molecule has 4 heterocycles. The molecule has 26 heavy (non-hydrogen) atoms. The van der Waals surface area contributed by atoms with Crippen molar-refractivity contribution >= 4 is 5.91 Å². The van der Waals surface area contributed by atoms with E-state index >= 15 is 0 Å². The molecule has 1 amide bonds. The lowest BCUT2D eigenvalue weighted by Crippen LogP contribution is -2.66. The van der Waals surface area contributed by atoms with E-state index in [9.17, 15) is 4.79 Å². The standard InChI is InChI=1S/C19H26N4O3/c1-21(11-16-4-3-9-25-16)10-15-5-7-19(26-12-15)13-23(14-19)18(24)17-6-8-22(2)20-17/h3-4,6,8-9,15H,5,7,10-14H2,1-2H3/t15-/m1/s1. The Morgan fingerprint density at radius 1 is 1.42 bits per heavy atom. The number of ether oxygens (including phenoxy) is 1. The van der Waals surface area contributed by atoms with Crippen LogP contribution in [0.15, 0.2) is 35.1 Å². The van der Waals surface area contributed by atoms with Crippen LogP contribution in [0.25, 0.3) is 0 Å². The summed E-state index contributed by atoms with van der Waals surface area (Å²) in [5.74, 6) is 1.52. The first-order valence-electron chi connectivity index (χ1n) is 9.17. The van der Waals surface area contributed by atoms with Crippen molar-refractivity contribution in [1.29, 1.82) is 0 Å². The summed E-state index contributed by atoms with van der Waals surface area (Å²) in [6.07, 6.45) is 5.65. The smallest absolute Gasteiger partial charge is 0.274 e. The molecule has 0 aromatic carbocycles. The fourth-order valence-electron chi connectivity index (χ4n) is 3.97. The third kappa shape index (κ3) is 3.54. The molecule has 2 aromatic heterocycles. The second-order valence-corrected chi connectivity index (χ2v) is 7.71. The SMILES string of the molecule is CN(Cc1ccco1)C[C@H]1CCC2(CN(C(=O)c3ccn(C)n3)C2)OC1. The first-order chi connectivity index (χ1) is 12.5. The average molecular weight is 358 g/mol. The van der Waals surface area contributed by atoms with Crippen LogP contribution in [-0.4, -0.2) is 64.4 Å². The Morgan fingerprint density at radius 3 is 2.88 bits per heavy atom. The molecule has 2 fully saturated rings. The lowest BCUT2D eigenvalue weighted by atomic mass is 9.82. The summed E-state index contributed by atoms with van der Waals surface area (Å²) < 4.78 is 13.3. The second-order valence-electron chi connectivity index (χ2n) is 7.71. The minimum absolute atomic E-state index is 0.000120. The van der Waals surface area contributed by atoms with Crippen LogP contribution in [0.1, 0.15) is 29.1 Å². The number of likely N-dealkylation sites (tertiary alicyclic amines) is 1. The molecule has 0 bridgehead atoms. The van der Waals surface area contributed by atoms with Gasteiger partial charge in [0.2, 0.25) is 0 Å². The molecule has 1 spiro atoms. The minimum atomic E-state index is -0.138. The molecular weight excluding hydrogens is 332 g/mol. The average Bonchev–Trinajstić information content (AvgIpc) is 3.24. The molecule has 0 saturated carbocycles. The maximum Gasteiger partial charge on any atom is 0.274 e. The molecule has 0 N–H and O–H groups in total. The van der Waals surface area contributed by atoms with E-state index in [4.69, 9.17) is 9.15 Å². The topological polar surface area (TPSA) is 63.7 Å². The van der Waals surface area contributed by atoms with E-state index < -0.39 is 0 Å². The van der Waals surface area contributed by atoms with Crippen molar-refractivity contribution in [2.24, 2.45) is 13.0 Å². The summed E-state index contributed by atoms with van der Waals surface area (Å²) in [4.78, 5) is 16.5. The van der Waals surface area contributed by atoms with Gasteiger partial charge in [0.25, 0.3) is 5.91 Å². The van der Waals surface area contributed by atoms with Gasteiger partial charge in [-0.15, -0.1) is 0 Å². The van der Waals surface area contributed by atoms with Gasteiger partial charge < -0.3 is 14.1 Å². The quantitative estimate of drug-likeness (QED) is 0.815. The Labute approximate surface area is 153 Å². The lowest BCUT2D eigenvalue weighted by Gasteiger charge is -2.52. The molecule has 2 aromatic rings.